The minimum Gasteiger partial charge on any atom is -0.299 e. The summed E-state index contributed by atoms with van der Waals surface area (Å²) in [4.78, 5) is 11.7. The maximum atomic E-state index is 11.7. The Kier molecular flexibility index (Phi) is 7.22. The summed E-state index contributed by atoms with van der Waals surface area (Å²) in [6, 6.07) is 32.3. The van der Waals surface area contributed by atoms with Gasteiger partial charge in [0.2, 0.25) is 0 Å². The normalized spacial score (nSPS) is 11.3. The van der Waals surface area contributed by atoms with E-state index in [0.29, 0.717) is 16.6 Å². The highest BCUT2D eigenvalue weighted by Gasteiger charge is 2.35. The second-order valence-electron chi connectivity index (χ2n) is 6.88. The summed E-state index contributed by atoms with van der Waals surface area (Å²) >= 11 is 2.16. The van der Waals surface area contributed by atoms with Crippen LogP contribution in [0.2, 0.25) is 0 Å². The van der Waals surface area contributed by atoms with E-state index in [0.717, 1.165) is 19.3 Å². The predicted octanol–water partition coefficient (Wildman–Crippen LogP) is 6.59. The largest absolute Gasteiger partial charge is 0.299 e. The molecule has 3 rings (SSSR count). The molecule has 3 aromatic rings. The fraction of sp³-hybridized carbons (Fsp3) is 0.240. The van der Waals surface area contributed by atoms with Gasteiger partial charge < -0.3 is 0 Å². The number of hydrogen-bond donors (Lipinski definition) is 0. The van der Waals surface area contributed by atoms with Crippen LogP contribution in [0.5, 0.6) is 0 Å². The molecule has 3 aromatic carbocycles. The van der Waals surface area contributed by atoms with Gasteiger partial charge in [0.25, 0.3) is 0 Å². The number of unbranched alkanes of at least 4 members (excludes halogenated alkanes) is 1. The molecule has 0 radical (unpaired) electrons. The fourth-order valence-corrected chi connectivity index (χ4v) is 4.26. The minimum atomic E-state index is -0.197. The van der Waals surface area contributed by atoms with Crippen LogP contribution in [0.1, 0.15) is 42.4 Å². The molecule has 27 heavy (non-hydrogen) atoms. The number of halogens is 1. The molecule has 2 heteroatoms. The molecule has 0 bridgehead atoms. The van der Waals surface area contributed by atoms with Crippen LogP contribution in [0.3, 0.4) is 0 Å². The molecular weight excluding hydrogens is 443 g/mol. The van der Waals surface area contributed by atoms with Crippen LogP contribution in [0.4, 0.5) is 0 Å². The third kappa shape index (κ3) is 4.67. The molecule has 1 nitrogen and oxygen atoms in total. The zero-order valence-electron chi connectivity index (χ0n) is 15.5. The molecule has 0 heterocycles. The van der Waals surface area contributed by atoms with E-state index in [4.69, 9.17) is 0 Å². The lowest BCUT2D eigenvalue weighted by molar-refractivity contribution is -0.116. The molecule has 0 saturated heterocycles. The van der Waals surface area contributed by atoms with Crippen LogP contribution in [0, 0.1) is 0 Å². The Balaban J connectivity index is 2.04. The Bertz CT molecular complexity index is 731. The first-order chi connectivity index (χ1) is 13.3. The van der Waals surface area contributed by atoms with Crippen molar-refractivity contribution in [3.05, 3.63) is 108 Å². The van der Waals surface area contributed by atoms with Gasteiger partial charge in [-0.2, -0.15) is 0 Å². The third-order valence-electron chi connectivity index (χ3n) is 5.21. The molecule has 0 aliphatic heterocycles. The molecule has 0 saturated carbocycles. The van der Waals surface area contributed by atoms with Gasteiger partial charge in [-0.25, -0.2) is 0 Å². The molecule has 138 valence electrons. The van der Waals surface area contributed by atoms with Crippen molar-refractivity contribution < 1.29 is 4.79 Å². The first-order valence-corrected chi connectivity index (χ1v) is 11.0. The molecule has 0 N–H and O–H groups in total. The number of carbonyl (C=O) groups excluding carboxylic acids is 1. The van der Waals surface area contributed by atoms with Gasteiger partial charge in [0, 0.05) is 11.8 Å². The molecule has 0 amide bonds. The number of alkyl halides is 1. The zero-order valence-corrected chi connectivity index (χ0v) is 17.6. The van der Waals surface area contributed by atoms with Gasteiger partial charge >= 0.3 is 0 Å². The van der Waals surface area contributed by atoms with Gasteiger partial charge in [0.15, 0.2) is 0 Å². The summed E-state index contributed by atoms with van der Waals surface area (Å²) in [5, 5.41) is 0. The molecular formula is C25H25IO. The van der Waals surface area contributed by atoms with Crippen molar-refractivity contribution >= 4 is 28.4 Å². The SMILES string of the molecule is O=C(CI)CCCCC(c1ccccc1)(c1ccccc1)c1ccccc1. The number of carbonyl (C=O) groups is 1. The van der Waals surface area contributed by atoms with E-state index in [-0.39, 0.29) is 5.41 Å². The van der Waals surface area contributed by atoms with E-state index in [1.807, 2.05) is 0 Å². The standard InChI is InChI=1S/C25H25IO/c26-20-24(27)18-10-11-19-25(21-12-4-1-5-13-21,22-14-6-2-7-15-22)23-16-8-3-9-17-23/h1-9,12-17H,10-11,18-20H2. The molecule has 0 aliphatic rings. The van der Waals surface area contributed by atoms with Crippen LogP contribution < -0.4 is 0 Å². The van der Waals surface area contributed by atoms with Gasteiger partial charge in [0.1, 0.15) is 5.78 Å². The summed E-state index contributed by atoms with van der Waals surface area (Å²) < 4.78 is 0.610. The van der Waals surface area contributed by atoms with Gasteiger partial charge in [-0.05, 0) is 29.5 Å². The van der Waals surface area contributed by atoms with E-state index >= 15 is 0 Å². The van der Waals surface area contributed by atoms with E-state index in [2.05, 4.69) is 114 Å². The Hall–Kier alpha value is -1.94. The second-order valence-corrected chi connectivity index (χ2v) is 7.65. The molecule has 0 aliphatic carbocycles. The highest BCUT2D eigenvalue weighted by molar-refractivity contribution is 14.1. The molecule has 0 aromatic heterocycles. The van der Waals surface area contributed by atoms with E-state index in [1.54, 1.807) is 0 Å². The summed E-state index contributed by atoms with van der Waals surface area (Å²) in [5.41, 5.74) is 3.73. The van der Waals surface area contributed by atoms with Crippen molar-refractivity contribution in [2.24, 2.45) is 0 Å². The van der Waals surface area contributed by atoms with Crippen molar-refractivity contribution in [3.63, 3.8) is 0 Å². The summed E-state index contributed by atoms with van der Waals surface area (Å²) in [7, 11) is 0. The maximum absolute atomic E-state index is 11.7. The lowest BCUT2D eigenvalue weighted by Gasteiger charge is -2.36. The molecule has 0 fully saturated rings. The topological polar surface area (TPSA) is 17.1 Å². The monoisotopic (exact) mass is 468 g/mol. The van der Waals surface area contributed by atoms with Crippen molar-refractivity contribution in [3.8, 4) is 0 Å². The summed E-state index contributed by atoms with van der Waals surface area (Å²) in [6.07, 6.45) is 3.62. The fourth-order valence-electron chi connectivity index (χ4n) is 3.88. The zero-order chi connectivity index (χ0) is 19.0. The van der Waals surface area contributed by atoms with Crippen LogP contribution in [-0.2, 0) is 10.2 Å². The van der Waals surface area contributed by atoms with Crippen molar-refractivity contribution in [2.45, 2.75) is 31.1 Å². The van der Waals surface area contributed by atoms with Crippen molar-refractivity contribution in [1.29, 1.82) is 0 Å². The minimum absolute atomic E-state index is 0.197. The van der Waals surface area contributed by atoms with E-state index < -0.39 is 0 Å². The predicted molar refractivity (Wildman–Crippen MR) is 122 cm³/mol. The number of rotatable bonds is 9. The Morgan fingerprint density at radius 1 is 0.667 bits per heavy atom. The highest BCUT2D eigenvalue weighted by Crippen LogP contribution is 2.43. The average Bonchev–Trinajstić information content (AvgIpc) is 2.75. The average molecular weight is 468 g/mol. The van der Waals surface area contributed by atoms with Crippen LogP contribution in [0.25, 0.3) is 0 Å². The molecule has 0 spiro atoms. The third-order valence-corrected chi connectivity index (χ3v) is 6.06. The lowest BCUT2D eigenvalue weighted by Crippen LogP contribution is -2.29. The van der Waals surface area contributed by atoms with Gasteiger partial charge in [-0.3, -0.25) is 4.79 Å². The second kappa shape index (κ2) is 9.84. The maximum Gasteiger partial charge on any atom is 0.142 e. The van der Waals surface area contributed by atoms with Crippen LogP contribution in [-0.4, -0.2) is 10.2 Å². The van der Waals surface area contributed by atoms with Crippen molar-refractivity contribution in [1.82, 2.24) is 0 Å². The van der Waals surface area contributed by atoms with Crippen LogP contribution in [0.15, 0.2) is 91.0 Å². The summed E-state index contributed by atoms with van der Waals surface area (Å²) in [6.45, 7) is 0. The molecule has 0 atom stereocenters. The first-order valence-electron chi connectivity index (χ1n) is 9.51. The van der Waals surface area contributed by atoms with Gasteiger partial charge in [-0.15, -0.1) is 0 Å². The van der Waals surface area contributed by atoms with Gasteiger partial charge in [-0.1, -0.05) is 120 Å². The number of Topliss-reactive ketones (excluding diaryl/α,β-unsaturated/α-hetero) is 1. The van der Waals surface area contributed by atoms with E-state index in [9.17, 15) is 4.79 Å². The highest BCUT2D eigenvalue weighted by atomic mass is 127. The Labute approximate surface area is 176 Å². The first kappa shape index (κ1) is 19.8. The number of benzene rings is 3. The van der Waals surface area contributed by atoms with Gasteiger partial charge in [0.05, 0.1) is 4.43 Å². The lowest BCUT2D eigenvalue weighted by atomic mass is 9.66. The summed E-state index contributed by atoms with van der Waals surface area (Å²) in [5.74, 6) is 0.348. The number of hydrogen-bond acceptors (Lipinski definition) is 1. The van der Waals surface area contributed by atoms with E-state index in [1.165, 1.54) is 16.7 Å². The quantitative estimate of drug-likeness (QED) is 0.150. The Morgan fingerprint density at radius 2 is 1.07 bits per heavy atom. The van der Waals surface area contributed by atoms with Crippen molar-refractivity contribution in [2.75, 3.05) is 4.43 Å². The smallest absolute Gasteiger partial charge is 0.142 e. The van der Waals surface area contributed by atoms with Crippen LogP contribution >= 0.6 is 22.6 Å². The number of ketones is 1. The molecule has 0 unspecified atom stereocenters. The Morgan fingerprint density at radius 3 is 1.44 bits per heavy atom.